The Hall–Kier alpha value is -0.410. The molecule has 19 heavy (non-hydrogen) atoms. The van der Waals surface area contributed by atoms with Crippen molar-refractivity contribution in [3.63, 3.8) is 0 Å². The lowest BCUT2D eigenvalue weighted by molar-refractivity contribution is -0.121. The average Bonchev–Trinajstić information content (AvgIpc) is 2.49. The van der Waals surface area contributed by atoms with E-state index >= 15 is 0 Å². The number of hydrogen-bond donors (Lipinski definition) is 0. The Kier molecular flexibility index (Phi) is 4.23. The Morgan fingerprint density at radius 2 is 1.79 bits per heavy atom. The first-order chi connectivity index (χ1) is 9.31. The lowest BCUT2D eigenvalue weighted by Gasteiger charge is -2.44. The van der Waals surface area contributed by atoms with Crippen molar-refractivity contribution in [2.45, 2.75) is 36.2 Å². The maximum absolute atomic E-state index is 11.9. The van der Waals surface area contributed by atoms with E-state index in [1.165, 1.54) is 29.9 Å². The summed E-state index contributed by atoms with van der Waals surface area (Å²) in [6.45, 7) is 0. The maximum Gasteiger partial charge on any atom is 0.133 e. The fourth-order valence-electron chi connectivity index (χ4n) is 3.21. The van der Waals surface area contributed by atoms with Gasteiger partial charge < -0.3 is 0 Å². The van der Waals surface area contributed by atoms with Gasteiger partial charge in [-0.25, -0.2) is 0 Å². The first kappa shape index (κ1) is 13.6. The zero-order valence-electron chi connectivity index (χ0n) is 11.1. The van der Waals surface area contributed by atoms with Crippen molar-refractivity contribution in [2.75, 3.05) is 11.5 Å². The molecule has 1 aromatic carbocycles. The summed E-state index contributed by atoms with van der Waals surface area (Å²) < 4.78 is 0.135. The smallest absolute Gasteiger partial charge is 0.133 e. The molecule has 0 N–H and O–H groups in total. The van der Waals surface area contributed by atoms with Gasteiger partial charge in [0.2, 0.25) is 0 Å². The number of rotatable bonds is 2. The zero-order chi connectivity index (χ0) is 13.1. The van der Waals surface area contributed by atoms with Crippen molar-refractivity contribution >= 4 is 29.3 Å². The van der Waals surface area contributed by atoms with Crippen LogP contribution in [0.25, 0.3) is 0 Å². The van der Waals surface area contributed by atoms with E-state index in [2.05, 4.69) is 53.9 Å². The van der Waals surface area contributed by atoms with E-state index in [-0.39, 0.29) is 4.08 Å². The van der Waals surface area contributed by atoms with Gasteiger partial charge in [-0.3, -0.25) is 4.79 Å². The molecular formula is C16H20OS2. The van der Waals surface area contributed by atoms with Gasteiger partial charge in [0.25, 0.3) is 0 Å². The molecule has 0 amide bonds. The van der Waals surface area contributed by atoms with Crippen LogP contribution in [0.5, 0.6) is 0 Å². The van der Waals surface area contributed by atoms with Gasteiger partial charge in [0.05, 0.1) is 4.08 Å². The molecule has 0 bridgehead atoms. The number of ketones is 1. The third-order valence-corrected chi connectivity index (χ3v) is 7.81. The largest absolute Gasteiger partial charge is 0.300 e. The summed E-state index contributed by atoms with van der Waals surface area (Å²) in [5.74, 6) is 3.45. The summed E-state index contributed by atoms with van der Waals surface area (Å²) in [4.78, 5) is 11.9. The fraction of sp³-hybridized carbons (Fsp3) is 0.562. The van der Waals surface area contributed by atoms with E-state index in [0.29, 0.717) is 11.7 Å². The standard InChI is InChI=1S/C16H20OS2/c17-15-9-4-8-14(12-15)16(18-10-5-11-19-16)13-6-2-1-3-7-13/h1-3,6-7,14H,4-5,8-12H2. The van der Waals surface area contributed by atoms with Gasteiger partial charge in [-0.15, -0.1) is 23.5 Å². The molecule has 2 fully saturated rings. The number of Topliss-reactive ketones (excluding diaryl/α,β-unsaturated/α-hetero) is 1. The highest BCUT2D eigenvalue weighted by atomic mass is 32.2. The molecule has 2 aliphatic rings. The molecule has 1 aliphatic carbocycles. The van der Waals surface area contributed by atoms with Crippen molar-refractivity contribution < 1.29 is 4.79 Å². The number of carbonyl (C=O) groups is 1. The van der Waals surface area contributed by atoms with E-state index in [9.17, 15) is 4.79 Å². The van der Waals surface area contributed by atoms with Gasteiger partial charge in [-0.1, -0.05) is 30.3 Å². The first-order valence-corrected chi connectivity index (χ1v) is 9.13. The Balaban J connectivity index is 1.94. The number of thioether (sulfide) groups is 2. The van der Waals surface area contributed by atoms with Crippen molar-refractivity contribution in [2.24, 2.45) is 5.92 Å². The summed E-state index contributed by atoms with van der Waals surface area (Å²) in [6, 6.07) is 10.9. The molecule has 0 radical (unpaired) electrons. The van der Waals surface area contributed by atoms with Gasteiger partial charge in [0.15, 0.2) is 0 Å². The summed E-state index contributed by atoms with van der Waals surface area (Å²) in [6.07, 6.45) is 5.18. The lowest BCUT2D eigenvalue weighted by Crippen LogP contribution is -2.35. The van der Waals surface area contributed by atoms with Crippen LogP contribution in [0, 0.1) is 5.92 Å². The third-order valence-electron chi connectivity index (χ3n) is 4.12. The molecule has 1 aromatic rings. The van der Waals surface area contributed by atoms with E-state index in [4.69, 9.17) is 0 Å². The highest BCUT2D eigenvalue weighted by Gasteiger charge is 2.44. The van der Waals surface area contributed by atoms with Crippen LogP contribution in [-0.4, -0.2) is 17.3 Å². The quantitative estimate of drug-likeness (QED) is 0.800. The van der Waals surface area contributed by atoms with E-state index < -0.39 is 0 Å². The maximum atomic E-state index is 11.9. The molecule has 0 aromatic heterocycles. The van der Waals surface area contributed by atoms with Gasteiger partial charge in [0, 0.05) is 12.8 Å². The molecule has 1 unspecified atom stereocenters. The summed E-state index contributed by atoms with van der Waals surface area (Å²) in [7, 11) is 0. The second-order valence-electron chi connectivity index (χ2n) is 5.42. The van der Waals surface area contributed by atoms with Gasteiger partial charge in [0.1, 0.15) is 5.78 Å². The second kappa shape index (κ2) is 5.92. The Labute approximate surface area is 123 Å². The van der Waals surface area contributed by atoms with Gasteiger partial charge >= 0.3 is 0 Å². The minimum absolute atomic E-state index is 0.135. The highest BCUT2D eigenvalue weighted by molar-refractivity contribution is 8.18. The van der Waals surface area contributed by atoms with Crippen molar-refractivity contribution in [3.8, 4) is 0 Å². The van der Waals surface area contributed by atoms with E-state index in [0.717, 1.165) is 19.3 Å². The van der Waals surface area contributed by atoms with Crippen LogP contribution in [0.2, 0.25) is 0 Å². The predicted molar refractivity (Wildman–Crippen MR) is 84.6 cm³/mol. The number of hydrogen-bond acceptors (Lipinski definition) is 3. The van der Waals surface area contributed by atoms with Crippen molar-refractivity contribution in [3.05, 3.63) is 35.9 Å². The van der Waals surface area contributed by atoms with Crippen LogP contribution in [0.1, 0.15) is 37.7 Å². The van der Waals surface area contributed by atoms with Crippen molar-refractivity contribution in [1.82, 2.24) is 0 Å². The van der Waals surface area contributed by atoms with E-state index in [1.807, 2.05) is 0 Å². The van der Waals surface area contributed by atoms with Gasteiger partial charge in [-0.05, 0) is 42.2 Å². The van der Waals surface area contributed by atoms with Crippen LogP contribution in [0.3, 0.4) is 0 Å². The Morgan fingerprint density at radius 1 is 1.05 bits per heavy atom. The highest BCUT2D eigenvalue weighted by Crippen LogP contribution is 2.58. The molecule has 3 rings (SSSR count). The Morgan fingerprint density at radius 3 is 2.47 bits per heavy atom. The zero-order valence-corrected chi connectivity index (χ0v) is 12.8. The monoisotopic (exact) mass is 292 g/mol. The second-order valence-corrected chi connectivity index (χ2v) is 8.36. The normalized spacial score (nSPS) is 27.2. The average molecular weight is 292 g/mol. The van der Waals surface area contributed by atoms with Crippen LogP contribution in [-0.2, 0) is 8.87 Å². The van der Waals surface area contributed by atoms with Crippen LogP contribution < -0.4 is 0 Å². The van der Waals surface area contributed by atoms with Crippen LogP contribution in [0.15, 0.2) is 30.3 Å². The van der Waals surface area contributed by atoms with E-state index in [1.54, 1.807) is 0 Å². The molecule has 1 nitrogen and oxygen atoms in total. The molecular weight excluding hydrogens is 272 g/mol. The SMILES string of the molecule is O=C1CCCC(C2(c3ccccc3)SCCCS2)C1. The predicted octanol–water partition coefficient (Wildman–Crippen LogP) is 4.47. The van der Waals surface area contributed by atoms with Crippen LogP contribution >= 0.6 is 23.5 Å². The van der Waals surface area contributed by atoms with Crippen molar-refractivity contribution in [1.29, 1.82) is 0 Å². The van der Waals surface area contributed by atoms with Crippen LogP contribution in [0.4, 0.5) is 0 Å². The fourth-order valence-corrected chi connectivity index (χ4v) is 6.88. The molecule has 1 heterocycles. The summed E-state index contributed by atoms with van der Waals surface area (Å²) in [5.41, 5.74) is 1.42. The first-order valence-electron chi connectivity index (χ1n) is 7.16. The molecule has 0 spiro atoms. The molecule has 1 saturated carbocycles. The Bertz CT molecular complexity index is 437. The number of carbonyl (C=O) groups excluding carboxylic acids is 1. The molecule has 1 aliphatic heterocycles. The molecule has 102 valence electrons. The molecule has 1 saturated heterocycles. The molecule has 3 heteroatoms. The lowest BCUT2D eigenvalue weighted by atomic mass is 9.83. The topological polar surface area (TPSA) is 17.1 Å². The minimum atomic E-state index is 0.135. The molecule has 1 atom stereocenters. The minimum Gasteiger partial charge on any atom is -0.300 e. The summed E-state index contributed by atoms with van der Waals surface area (Å²) in [5, 5.41) is 0. The summed E-state index contributed by atoms with van der Waals surface area (Å²) >= 11 is 4.17. The number of benzene rings is 1. The third kappa shape index (κ3) is 2.73. The van der Waals surface area contributed by atoms with Gasteiger partial charge in [-0.2, -0.15) is 0 Å².